The van der Waals surface area contributed by atoms with Crippen LogP contribution in [0.25, 0.3) is 120 Å². The first kappa shape index (κ1) is 47.0. The van der Waals surface area contributed by atoms with E-state index >= 15 is 0 Å². The largest absolute Gasteiger partial charge is 0.416 e. The molecule has 76 heavy (non-hydrogen) atoms. The Hall–Kier alpha value is -8.78. The van der Waals surface area contributed by atoms with E-state index in [1.165, 1.54) is 24.3 Å². The van der Waals surface area contributed by atoms with Gasteiger partial charge in [0.2, 0.25) is 0 Å². The van der Waals surface area contributed by atoms with E-state index in [0.29, 0.717) is 44.0 Å². The van der Waals surface area contributed by atoms with Crippen LogP contribution in [0.5, 0.6) is 0 Å². The number of aromatic nitrogens is 2. The molecule has 13 aromatic rings. The van der Waals surface area contributed by atoms with Gasteiger partial charge in [-0.1, -0.05) is 84.9 Å². The number of benzene rings is 11. The molecule has 0 saturated heterocycles. The average molecular weight is 1030 g/mol. The number of hydrogen-bond acceptors (Lipinski definition) is 0. The highest BCUT2D eigenvalue weighted by Gasteiger charge is 2.35. The Balaban J connectivity index is 1.16. The third-order valence-corrected chi connectivity index (χ3v) is 14.5. The number of hydrogen-bond donors (Lipinski definition) is 0. The first-order chi connectivity index (χ1) is 36.2. The van der Waals surface area contributed by atoms with E-state index in [-0.39, 0.29) is 43.6 Å². The highest BCUT2D eigenvalue weighted by molar-refractivity contribution is 6.23. The minimum Gasteiger partial charge on any atom is -0.309 e. The number of nitrogens with zero attached hydrogens (tertiary/aromatic N) is 2. The van der Waals surface area contributed by atoms with Crippen LogP contribution in [0.2, 0.25) is 0 Å². The lowest BCUT2D eigenvalue weighted by Gasteiger charge is -2.21. The van der Waals surface area contributed by atoms with Crippen molar-refractivity contribution in [3.8, 4) is 33.6 Å². The standard InChI is InChI=1S/C62H32F12N2/c63-59(64,65)39-13-21-53-47(27-39)48-28-40(60(66,67)68)14-22-54(48)75(53)43-18-20-46-51(31-43)57(37-11-9-33-5-1-3-7-35(33)25-37)45-19-17-44(32-52(45)58(46)38-12-10-34-6-2-4-8-36(34)26-38)76-55-23-15-41(61(69,70)71)29-49(55)50-30-42(62(72,73)74)16-24-56(50)76/h1-32H. The van der Waals surface area contributed by atoms with Gasteiger partial charge in [-0.15, -0.1) is 0 Å². The first-order valence-electron chi connectivity index (χ1n) is 23.7. The molecule has 0 N–H and O–H groups in total. The van der Waals surface area contributed by atoms with Crippen molar-refractivity contribution in [2.45, 2.75) is 24.7 Å². The van der Waals surface area contributed by atoms with Gasteiger partial charge < -0.3 is 9.13 Å². The van der Waals surface area contributed by atoms with Crippen LogP contribution < -0.4 is 0 Å². The number of rotatable bonds is 4. The summed E-state index contributed by atoms with van der Waals surface area (Å²) in [6.45, 7) is 0. The lowest BCUT2D eigenvalue weighted by Crippen LogP contribution is -2.04. The molecule has 0 radical (unpaired) electrons. The van der Waals surface area contributed by atoms with E-state index in [1.807, 2.05) is 109 Å². The molecular weight excluding hydrogens is 1000 g/mol. The molecule has 2 aromatic heterocycles. The van der Waals surface area contributed by atoms with Gasteiger partial charge in [-0.3, -0.25) is 0 Å². The zero-order chi connectivity index (χ0) is 52.8. The summed E-state index contributed by atoms with van der Waals surface area (Å²) in [5.41, 5.74) is 0.515. The molecule has 0 spiro atoms. The summed E-state index contributed by atoms with van der Waals surface area (Å²) in [5, 5.41) is 6.16. The molecule has 0 amide bonds. The van der Waals surface area contributed by atoms with E-state index < -0.39 is 47.0 Å². The Morgan fingerprint density at radius 3 is 0.842 bits per heavy atom. The summed E-state index contributed by atoms with van der Waals surface area (Å²) in [7, 11) is 0. The molecule has 13 rings (SSSR count). The van der Waals surface area contributed by atoms with Crippen LogP contribution in [0, 0.1) is 0 Å². The fourth-order valence-electron chi connectivity index (χ4n) is 11.1. The van der Waals surface area contributed by atoms with Crippen LogP contribution in [0.1, 0.15) is 22.3 Å². The first-order valence-corrected chi connectivity index (χ1v) is 23.7. The minimum atomic E-state index is -4.79. The molecule has 0 saturated carbocycles. The molecule has 0 aliphatic carbocycles. The van der Waals surface area contributed by atoms with Crippen molar-refractivity contribution in [3.05, 3.63) is 216 Å². The zero-order valence-electron chi connectivity index (χ0n) is 38.9. The summed E-state index contributed by atoms with van der Waals surface area (Å²) in [6, 6.07) is 50.3. The third-order valence-electron chi connectivity index (χ3n) is 14.5. The topological polar surface area (TPSA) is 9.86 Å². The summed E-state index contributed by atoms with van der Waals surface area (Å²) in [6.07, 6.45) is -19.2. The Bertz CT molecular complexity index is 4150. The average Bonchev–Trinajstić information content (AvgIpc) is 3.97. The van der Waals surface area contributed by atoms with Crippen molar-refractivity contribution in [2.75, 3.05) is 0 Å². The van der Waals surface area contributed by atoms with Crippen molar-refractivity contribution < 1.29 is 52.7 Å². The monoisotopic (exact) mass is 1030 g/mol. The van der Waals surface area contributed by atoms with Crippen molar-refractivity contribution in [1.29, 1.82) is 0 Å². The van der Waals surface area contributed by atoms with Gasteiger partial charge in [0.15, 0.2) is 0 Å². The minimum absolute atomic E-state index is 0.0389. The second kappa shape index (κ2) is 16.4. The maximum absolute atomic E-state index is 14.3. The molecule has 0 atom stereocenters. The smallest absolute Gasteiger partial charge is 0.309 e. The molecule has 2 heterocycles. The maximum Gasteiger partial charge on any atom is 0.416 e. The molecule has 2 nitrogen and oxygen atoms in total. The quantitative estimate of drug-likeness (QED) is 0.123. The molecule has 0 unspecified atom stereocenters. The van der Waals surface area contributed by atoms with Crippen molar-refractivity contribution in [3.63, 3.8) is 0 Å². The van der Waals surface area contributed by atoms with Crippen LogP contribution in [-0.2, 0) is 24.7 Å². The lowest BCUT2D eigenvalue weighted by atomic mass is 9.84. The Kier molecular flexibility index (Phi) is 10.1. The highest BCUT2D eigenvalue weighted by atomic mass is 19.4. The van der Waals surface area contributed by atoms with Gasteiger partial charge in [0.25, 0.3) is 0 Å². The van der Waals surface area contributed by atoms with Crippen molar-refractivity contribution in [2.24, 2.45) is 0 Å². The van der Waals surface area contributed by atoms with Crippen molar-refractivity contribution >= 4 is 86.7 Å². The molecule has 0 bridgehead atoms. The fraction of sp³-hybridized carbons (Fsp3) is 0.0645. The predicted octanol–water partition coefficient (Wildman–Crippen LogP) is 19.9. The Morgan fingerprint density at radius 1 is 0.237 bits per heavy atom. The van der Waals surface area contributed by atoms with Gasteiger partial charge >= 0.3 is 24.7 Å². The maximum atomic E-state index is 14.3. The van der Waals surface area contributed by atoms with Crippen LogP contribution >= 0.6 is 0 Å². The normalized spacial score (nSPS) is 13.0. The molecule has 0 fully saturated rings. The molecule has 11 aromatic carbocycles. The molecular formula is C62H32F12N2. The summed E-state index contributed by atoms with van der Waals surface area (Å²) >= 11 is 0. The van der Waals surface area contributed by atoms with Gasteiger partial charge in [-0.05, 0) is 175 Å². The van der Waals surface area contributed by atoms with E-state index in [4.69, 9.17) is 0 Å². The summed E-state index contributed by atoms with van der Waals surface area (Å²) in [5.74, 6) is 0. The number of alkyl halides is 12. The fourth-order valence-corrected chi connectivity index (χ4v) is 11.1. The van der Waals surface area contributed by atoms with Crippen LogP contribution in [0.15, 0.2) is 194 Å². The Labute approximate surface area is 421 Å². The molecule has 14 heteroatoms. The Morgan fingerprint density at radius 2 is 0.539 bits per heavy atom. The second-order valence-electron chi connectivity index (χ2n) is 18.9. The van der Waals surface area contributed by atoms with Crippen LogP contribution in [0.3, 0.4) is 0 Å². The van der Waals surface area contributed by atoms with E-state index in [2.05, 4.69) is 0 Å². The van der Waals surface area contributed by atoms with E-state index in [0.717, 1.165) is 81.2 Å². The third kappa shape index (κ3) is 7.51. The number of halogens is 12. The molecule has 374 valence electrons. The van der Waals surface area contributed by atoms with Gasteiger partial charge in [0.1, 0.15) is 0 Å². The van der Waals surface area contributed by atoms with Gasteiger partial charge in [0.05, 0.1) is 44.3 Å². The summed E-state index contributed by atoms with van der Waals surface area (Å²) < 4.78 is 175. The van der Waals surface area contributed by atoms with Crippen LogP contribution in [0.4, 0.5) is 52.7 Å². The second-order valence-corrected chi connectivity index (χ2v) is 18.9. The number of fused-ring (bicyclic) bond motifs is 10. The molecule has 0 aliphatic rings. The lowest BCUT2D eigenvalue weighted by molar-refractivity contribution is -0.138. The zero-order valence-corrected chi connectivity index (χ0v) is 38.9. The molecule has 0 aliphatic heterocycles. The van der Waals surface area contributed by atoms with Crippen LogP contribution in [-0.4, -0.2) is 9.13 Å². The van der Waals surface area contributed by atoms with E-state index in [1.54, 1.807) is 21.3 Å². The summed E-state index contributed by atoms with van der Waals surface area (Å²) in [4.78, 5) is 0. The van der Waals surface area contributed by atoms with Gasteiger partial charge in [-0.2, -0.15) is 52.7 Å². The van der Waals surface area contributed by atoms with E-state index in [9.17, 15) is 52.7 Å². The van der Waals surface area contributed by atoms with Gasteiger partial charge in [-0.25, -0.2) is 0 Å². The highest BCUT2D eigenvalue weighted by Crippen LogP contribution is 2.49. The predicted molar refractivity (Wildman–Crippen MR) is 276 cm³/mol. The van der Waals surface area contributed by atoms with Gasteiger partial charge in [0, 0.05) is 32.9 Å². The SMILES string of the molecule is FC(F)(F)c1ccc2c(c1)c1cc(C(F)(F)F)ccc1n2-c1ccc2c(-c3ccc4ccccc4c3)c3cc(-n4c5ccc(C(F)(F)F)cc5c5cc(C(F)(F)F)ccc54)ccc3c(-c3ccc4ccccc4c3)c2c1. The van der Waals surface area contributed by atoms with Crippen molar-refractivity contribution in [1.82, 2.24) is 9.13 Å².